The van der Waals surface area contributed by atoms with E-state index in [9.17, 15) is 9.90 Å². The minimum Gasteiger partial charge on any atom is -0.506 e. The number of hydrogen-bond acceptors (Lipinski definition) is 5. The van der Waals surface area contributed by atoms with Crippen molar-refractivity contribution >= 4 is 5.91 Å². The molecule has 1 aromatic rings. The number of piperidine rings is 1. The van der Waals surface area contributed by atoms with Gasteiger partial charge in [-0.15, -0.1) is 0 Å². The number of aromatic hydroxyl groups is 1. The number of carbonyl (C=O) groups excluding carboxylic acids is 1. The summed E-state index contributed by atoms with van der Waals surface area (Å²) < 4.78 is 5.13. The van der Waals surface area contributed by atoms with Crippen molar-refractivity contribution in [2.24, 2.45) is 5.92 Å². The van der Waals surface area contributed by atoms with Gasteiger partial charge < -0.3 is 19.6 Å². The van der Waals surface area contributed by atoms with E-state index in [0.29, 0.717) is 11.5 Å². The maximum absolute atomic E-state index is 12.4. The van der Waals surface area contributed by atoms with E-state index in [1.807, 2.05) is 0 Å². The summed E-state index contributed by atoms with van der Waals surface area (Å²) in [4.78, 5) is 20.3. The van der Waals surface area contributed by atoms with Crippen LogP contribution in [0.4, 0.5) is 0 Å². The van der Waals surface area contributed by atoms with Crippen LogP contribution in [0.1, 0.15) is 23.2 Å². The maximum atomic E-state index is 12.4. The van der Waals surface area contributed by atoms with Crippen LogP contribution in [0.15, 0.2) is 18.5 Å². The average Bonchev–Trinajstić information content (AvgIpc) is 2.52. The fourth-order valence-corrected chi connectivity index (χ4v) is 2.96. The van der Waals surface area contributed by atoms with Crippen molar-refractivity contribution in [2.75, 3.05) is 46.9 Å². The van der Waals surface area contributed by atoms with Crippen molar-refractivity contribution in [2.45, 2.75) is 12.8 Å². The molecule has 1 saturated heterocycles. The van der Waals surface area contributed by atoms with Gasteiger partial charge in [-0.3, -0.25) is 9.78 Å². The number of ether oxygens (including phenoxy) is 1. The van der Waals surface area contributed by atoms with Crippen LogP contribution in [0.3, 0.4) is 0 Å². The third-order valence-corrected chi connectivity index (χ3v) is 4.06. The number of pyridine rings is 1. The molecule has 1 N–H and O–H groups in total. The van der Waals surface area contributed by atoms with Crippen molar-refractivity contribution < 1.29 is 14.6 Å². The highest BCUT2D eigenvalue weighted by atomic mass is 16.5. The van der Waals surface area contributed by atoms with Crippen LogP contribution in [0.2, 0.25) is 0 Å². The summed E-state index contributed by atoms with van der Waals surface area (Å²) in [7, 11) is 3.53. The summed E-state index contributed by atoms with van der Waals surface area (Å²) in [5.41, 5.74) is 0.426. The molecule has 2 rings (SSSR count). The van der Waals surface area contributed by atoms with Crippen molar-refractivity contribution in [1.29, 1.82) is 0 Å². The maximum Gasteiger partial charge on any atom is 0.255 e. The molecule has 2 heterocycles. The molecule has 1 fully saturated rings. The first kappa shape index (κ1) is 16.7. The third-order valence-electron chi connectivity index (χ3n) is 4.06. The minimum atomic E-state index is -0.0996. The Balaban J connectivity index is 1.88. The number of likely N-dealkylation sites (tertiary alicyclic amines) is 1. The Hall–Kier alpha value is -1.66. The normalized spacial score (nSPS) is 19.1. The molecular formula is C16H25N3O3. The van der Waals surface area contributed by atoms with Gasteiger partial charge in [0.1, 0.15) is 5.75 Å². The summed E-state index contributed by atoms with van der Waals surface area (Å²) in [5.74, 6) is 0.393. The molecule has 0 radical (unpaired) electrons. The molecule has 1 aromatic heterocycles. The second kappa shape index (κ2) is 8.10. The quantitative estimate of drug-likeness (QED) is 0.856. The molecule has 0 unspecified atom stereocenters. The predicted octanol–water partition coefficient (Wildman–Crippen LogP) is 1.22. The van der Waals surface area contributed by atoms with Crippen molar-refractivity contribution in [3.8, 4) is 5.75 Å². The number of aromatic nitrogens is 1. The largest absolute Gasteiger partial charge is 0.506 e. The molecule has 0 saturated carbocycles. The van der Waals surface area contributed by atoms with Crippen LogP contribution in [0.25, 0.3) is 0 Å². The third kappa shape index (κ3) is 4.68. The first-order valence-corrected chi connectivity index (χ1v) is 7.71. The molecule has 6 nitrogen and oxygen atoms in total. The number of nitrogens with zero attached hydrogens (tertiary/aromatic N) is 3. The fourth-order valence-electron chi connectivity index (χ4n) is 2.96. The molecule has 0 aliphatic carbocycles. The lowest BCUT2D eigenvalue weighted by molar-refractivity contribution is 0.0702. The van der Waals surface area contributed by atoms with Crippen molar-refractivity contribution in [1.82, 2.24) is 14.8 Å². The minimum absolute atomic E-state index is 0.0163. The Morgan fingerprint density at radius 1 is 1.55 bits per heavy atom. The molecule has 1 aliphatic heterocycles. The van der Waals surface area contributed by atoms with Crippen LogP contribution < -0.4 is 0 Å². The highest BCUT2D eigenvalue weighted by Gasteiger charge is 2.23. The molecule has 6 heteroatoms. The number of hydrogen-bond donors (Lipinski definition) is 1. The van der Waals surface area contributed by atoms with Gasteiger partial charge in [-0.25, -0.2) is 0 Å². The van der Waals surface area contributed by atoms with Crippen LogP contribution in [-0.2, 0) is 4.74 Å². The number of carbonyl (C=O) groups is 1. The van der Waals surface area contributed by atoms with Gasteiger partial charge >= 0.3 is 0 Å². The molecular weight excluding hydrogens is 282 g/mol. The fraction of sp³-hybridized carbons (Fsp3) is 0.625. The van der Waals surface area contributed by atoms with E-state index >= 15 is 0 Å². The van der Waals surface area contributed by atoms with E-state index in [2.05, 4.69) is 9.88 Å². The number of rotatable bonds is 6. The van der Waals surface area contributed by atoms with Crippen molar-refractivity contribution in [3.05, 3.63) is 24.0 Å². The number of amides is 1. The lowest BCUT2D eigenvalue weighted by Gasteiger charge is -2.34. The molecule has 122 valence electrons. The Morgan fingerprint density at radius 2 is 2.36 bits per heavy atom. The standard InChI is InChI=1S/C16H25N3O3/c1-18(16(21)14-8-15(20)10-17-9-14)11-13-4-3-5-19(12-13)6-7-22-2/h8-10,13,20H,3-7,11-12H2,1-2H3/t13-/m1/s1. The first-order chi connectivity index (χ1) is 10.6. The molecule has 1 atom stereocenters. The highest BCUT2D eigenvalue weighted by Crippen LogP contribution is 2.18. The SMILES string of the molecule is COCCN1CCC[C@H](CN(C)C(=O)c2cncc(O)c2)C1. The molecule has 1 aliphatic rings. The predicted molar refractivity (Wildman–Crippen MR) is 83.9 cm³/mol. The van der Waals surface area contributed by atoms with E-state index in [1.165, 1.54) is 18.5 Å². The van der Waals surface area contributed by atoms with Crippen molar-refractivity contribution in [3.63, 3.8) is 0 Å². The summed E-state index contributed by atoms with van der Waals surface area (Å²) >= 11 is 0. The van der Waals surface area contributed by atoms with E-state index < -0.39 is 0 Å². The molecule has 22 heavy (non-hydrogen) atoms. The highest BCUT2D eigenvalue weighted by molar-refractivity contribution is 5.94. The van der Waals surface area contributed by atoms with Gasteiger partial charge in [-0.05, 0) is 31.4 Å². The van der Waals surface area contributed by atoms with Gasteiger partial charge in [-0.2, -0.15) is 0 Å². The van der Waals surface area contributed by atoms with Gasteiger partial charge in [0.25, 0.3) is 5.91 Å². The smallest absolute Gasteiger partial charge is 0.255 e. The van der Waals surface area contributed by atoms with E-state index in [4.69, 9.17) is 4.74 Å². The number of methoxy groups -OCH3 is 1. The second-order valence-corrected chi connectivity index (χ2v) is 5.92. The Kier molecular flexibility index (Phi) is 6.15. The Morgan fingerprint density at radius 3 is 3.09 bits per heavy atom. The van der Waals surface area contributed by atoms with Crippen LogP contribution in [0, 0.1) is 5.92 Å². The summed E-state index contributed by atoms with van der Waals surface area (Å²) in [6.45, 7) is 4.52. The van der Waals surface area contributed by atoms with Gasteiger partial charge in [0.15, 0.2) is 0 Å². The molecule has 0 bridgehead atoms. The first-order valence-electron chi connectivity index (χ1n) is 7.71. The average molecular weight is 307 g/mol. The summed E-state index contributed by atoms with van der Waals surface area (Å²) in [5, 5.41) is 9.43. The van der Waals surface area contributed by atoms with Gasteiger partial charge in [0, 0.05) is 40.0 Å². The van der Waals surface area contributed by atoms with E-state index in [0.717, 1.165) is 45.6 Å². The summed E-state index contributed by atoms with van der Waals surface area (Å²) in [6.07, 6.45) is 5.11. The molecule has 0 aromatic carbocycles. The lowest BCUT2D eigenvalue weighted by atomic mass is 9.97. The summed E-state index contributed by atoms with van der Waals surface area (Å²) in [6, 6.07) is 1.46. The zero-order valence-electron chi connectivity index (χ0n) is 13.4. The van der Waals surface area contributed by atoms with Crippen LogP contribution in [-0.4, -0.2) is 72.7 Å². The zero-order valence-corrected chi connectivity index (χ0v) is 13.4. The lowest BCUT2D eigenvalue weighted by Crippen LogP contribution is -2.42. The monoisotopic (exact) mass is 307 g/mol. The molecule has 1 amide bonds. The van der Waals surface area contributed by atoms with E-state index in [1.54, 1.807) is 19.1 Å². The van der Waals surface area contributed by atoms with Gasteiger partial charge in [0.2, 0.25) is 0 Å². The Labute approximate surface area is 131 Å². The van der Waals surface area contributed by atoms with Gasteiger partial charge in [-0.1, -0.05) is 0 Å². The van der Waals surface area contributed by atoms with Gasteiger partial charge in [0.05, 0.1) is 18.4 Å². The zero-order chi connectivity index (χ0) is 15.9. The van der Waals surface area contributed by atoms with Crippen LogP contribution in [0.5, 0.6) is 5.75 Å². The topological polar surface area (TPSA) is 65.9 Å². The second-order valence-electron chi connectivity index (χ2n) is 5.92. The van der Waals surface area contributed by atoms with E-state index in [-0.39, 0.29) is 11.7 Å². The van der Waals surface area contributed by atoms with Crippen LogP contribution >= 0.6 is 0 Å². The Bertz CT molecular complexity index is 495. The molecule has 0 spiro atoms.